The molecule has 0 saturated heterocycles. The van der Waals surface area contributed by atoms with Crippen molar-refractivity contribution < 1.29 is 9.26 Å². The molecule has 4 heteroatoms. The number of rotatable bonds is 0. The molecule has 70 valence electrons. The summed E-state index contributed by atoms with van der Waals surface area (Å²) in [6, 6.07) is 5.86. The predicted molar refractivity (Wildman–Crippen MR) is 54.0 cm³/mol. The molecular weight excluding hydrogens is 246 g/mol. The molecule has 1 aromatic carbocycles. The van der Waals surface area contributed by atoms with Crippen LogP contribution in [0.2, 0.25) is 0 Å². The molecule has 2 aromatic rings. The van der Waals surface area contributed by atoms with E-state index in [4.69, 9.17) is 9.26 Å². The topological polar surface area (TPSA) is 35.3 Å². The third-order valence-corrected chi connectivity index (χ3v) is 2.72. The second-order valence-electron chi connectivity index (χ2n) is 3.12. The highest BCUT2D eigenvalue weighted by molar-refractivity contribution is 9.10. The van der Waals surface area contributed by atoms with Gasteiger partial charge >= 0.3 is 0 Å². The van der Waals surface area contributed by atoms with Gasteiger partial charge in [-0.15, -0.1) is 0 Å². The summed E-state index contributed by atoms with van der Waals surface area (Å²) in [6.07, 6.45) is 1.62. The van der Waals surface area contributed by atoms with Crippen LogP contribution in [-0.4, -0.2) is 5.16 Å². The quantitative estimate of drug-likeness (QED) is 0.722. The largest absolute Gasteiger partial charge is 0.488 e. The molecule has 0 spiro atoms. The maximum atomic E-state index is 5.54. The van der Waals surface area contributed by atoms with Crippen LogP contribution in [0.1, 0.15) is 5.56 Å². The average molecular weight is 252 g/mol. The third kappa shape index (κ3) is 1.07. The van der Waals surface area contributed by atoms with E-state index in [0.29, 0.717) is 6.61 Å². The fourth-order valence-corrected chi connectivity index (χ4v) is 1.91. The standard InChI is InChI=1S/C10H6BrNO2/c11-7-1-2-9-8(3-7)10-6(4-13-9)5-14-12-10/h1-3,5H,4H2. The maximum absolute atomic E-state index is 5.54. The molecular formula is C10H6BrNO2. The van der Waals surface area contributed by atoms with E-state index in [-0.39, 0.29) is 0 Å². The molecule has 3 rings (SSSR count). The summed E-state index contributed by atoms with van der Waals surface area (Å²) in [5, 5.41) is 3.96. The first kappa shape index (κ1) is 8.05. The van der Waals surface area contributed by atoms with Gasteiger partial charge in [0.25, 0.3) is 0 Å². The van der Waals surface area contributed by atoms with Gasteiger partial charge < -0.3 is 9.26 Å². The lowest BCUT2D eigenvalue weighted by atomic mass is 10.1. The van der Waals surface area contributed by atoms with E-state index < -0.39 is 0 Å². The van der Waals surface area contributed by atoms with Crippen molar-refractivity contribution in [3.63, 3.8) is 0 Å². The highest BCUT2D eigenvalue weighted by Crippen LogP contribution is 2.37. The molecule has 0 saturated carbocycles. The van der Waals surface area contributed by atoms with Crippen LogP contribution >= 0.6 is 15.9 Å². The Labute approximate surface area is 88.8 Å². The molecule has 1 aromatic heterocycles. The highest BCUT2D eigenvalue weighted by Gasteiger charge is 2.20. The van der Waals surface area contributed by atoms with Gasteiger partial charge in [0.2, 0.25) is 0 Å². The molecule has 0 aliphatic carbocycles. The molecule has 0 N–H and O–H groups in total. The number of ether oxygens (including phenoxy) is 1. The minimum Gasteiger partial charge on any atom is -0.488 e. The fourth-order valence-electron chi connectivity index (χ4n) is 1.55. The van der Waals surface area contributed by atoms with Crippen molar-refractivity contribution in [1.29, 1.82) is 0 Å². The second kappa shape index (κ2) is 2.85. The van der Waals surface area contributed by atoms with Gasteiger partial charge in [0.1, 0.15) is 24.3 Å². The summed E-state index contributed by atoms with van der Waals surface area (Å²) in [6.45, 7) is 0.535. The van der Waals surface area contributed by atoms with Crippen LogP contribution in [0.15, 0.2) is 33.5 Å². The Hall–Kier alpha value is -1.29. The molecule has 0 bridgehead atoms. The summed E-state index contributed by atoms with van der Waals surface area (Å²) in [5.74, 6) is 0.856. The van der Waals surface area contributed by atoms with Crippen molar-refractivity contribution in [1.82, 2.24) is 5.16 Å². The van der Waals surface area contributed by atoms with Crippen LogP contribution in [0.4, 0.5) is 0 Å². The predicted octanol–water partition coefficient (Wildman–Crippen LogP) is 3.00. The lowest BCUT2D eigenvalue weighted by Gasteiger charge is -2.15. The number of nitrogens with zero attached hydrogens (tertiary/aromatic N) is 1. The Bertz CT molecular complexity index is 493. The van der Waals surface area contributed by atoms with Gasteiger partial charge in [-0.05, 0) is 18.2 Å². The minimum atomic E-state index is 0.535. The number of fused-ring (bicyclic) bond motifs is 3. The van der Waals surface area contributed by atoms with Gasteiger partial charge in [-0.3, -0.25) is 0 Å². The highest BCUT2D eigenvalue weighted by atomic mass is 79.9. The third-order valence-electron chi connectivity index (χ3n) is 2.22. The van der Waals surface area contributed by atoms with Gasteiger partial charge in [-0.2, -0.15) is 0 Å². The molecule has 14 heavy (non-hydrogen) atoms. The van der Waals surface area contributed by atoms with E-state index in [9.17, 15) is 0 Å². The van der Waals surface area contributed by atoms with Crippen LogP contribution in [-0.2, 0) is 6.61 Å². The van der Waals surface area contributed by atoms with E-state index in [1.165, 1.54) is 0 Å². The average Bonchev–Trinajstić information content (AvgIpc) is 2.65. The Morgan fingerprint density at radius 3 is 3.21 bits per heavy atom. The number of halogens is 1. The first-order chi connectivity index (χ1) is 6.84. The molecule has 0 radical (unpaired) electrons. The summed E-state index contributed by atoms with van der Waals surface area (Å²) < 4.78 is 11.5. The van der Waals surface area contributed by atoms with E-state index in [1.54, 1.807) is 6.26 Å². The minimum absolute atomic E-state index is 0.535. The molecule has 0 fully saturated rings. The fraction of sp³-hybridized carbons (Fsp3) is 0.100. The van der Waals surface area contributed by atoms with Gasteiger partial charge in [-0.25, -0.2) is 0 Å². The van der Waals surface area contributed by atoms with Gasteiger partial charge in [0.15, 0.2) is 0 Å². The van der Waals surface area contributed by atoms with Crippen molar-refractivity contribution in [2.45, 2.75) is 6.61 Å². The summed E-state index contributed by atoms with van der Waals surface area (Å²) >= 11 is 3.42. The lowest BCUT2D eigenvalue weighted by Crippen LogP contribution is -2.03. The van der Waals surface area contributed by atoms with Crippen molar-refractivity contribution in [2.24, 2.45) is 0 Å². The van der Waals surface area contributed by atoms with Gasteiger partial charge in [0.05, 0.1) is 5.56 Å². The number of hydrogen-bond acceptors (Lipinski definition) is 3. The molecule has 1 aliphatic heterocycles. The SMILES string of the molecule is Brc1ccc2c(c1)-c1nocc1CO2. The first-order valence-corrected chi connectivity index (χ1v) is 5.00. The molecule has 0 unspecified atom stereocenters. The van der Waals surface area contributed by atoms with Crippen molar-refractivity contribution in [3.05, 3.63) is 34.5 Å². The van der Waals surface area contributed by atoms with E-state index >= 15 is 0 Å². The molecule has 3 nitrogen and oxygen atoms in total. The zero-order valence-corrected chi connectivity index (χ0v) is 8.74. The zero-order valence-electron chi connectivity index (χ0n) is 7.16. The molecule has 2 heterocycles. The zero-order chi connectivity index (χ0) is 9.54. The van der Waals surface area contributed by atoms with Crippen molar-refractivity contribution in [2.75, 3.05) is 0 Å². The van der Waals surface area contributed by atoms with Crippen LogP contribution in [0.3, 0.4) is 0 Å². The summed E-state index contributed by atoms with van der Waals surface area (Å²) in [4.78, 5) is 0. The van der Waals surface area contributed by atoms with Crippen LogP contribution < -0.4 is 4.74 Å². The lowest BCUT2D eigenvalue weighted by molar-refractivity contribution is 0.301. The summed E-state index contributed by atoms with van der Waals surface area (Å²) in [7, 11) is 0. The number of benzene rings is 1. The Kier molecular flexibility index (Phi) is 1.64. The number of aromatic nitrogens is 1. The maximum Gasteiger partial charge on any atom is 0.131 e. The Morgan fingerprint density at radius 1 is 1.36 bits per heavy atom. The van der Waals surface area contributed by atoms with E-state index in [2.05, 4.69) is 21.1 Å². The Balaban J connectivity index is 2.28. The first-order valence-electron chi connectivity index (χ1n) is 4.20. The molecule has 1 aliphatic rings. The van der Waals surface area contributed by atoms with E-state index in [0.717, 1.165) is 27.0 Å². The second-order valence-corrected chi connectivity index (χ2v) is 4.03. The Morgan fingerprint density at radius 2 is 2.29 bits per heavy atom. The van der Waals surface area contributed by atoms with Crippen LogP contribution in [0.5, 0.6) is 5.75 Å². The smallest absolute Gasteiger partial charge is 0.131 e. The summed E-state index contributed by atoms with van der Waals surface area (Å²) in [5.41, 5.74) is 2.86. The number of hydrogen-bond donors (Lipinski definition) is 0. The molecule has 0 amide bonds. The van der Waals surface area contributed by atoms with Gasteiger partial charge in [-0.1, -0.05) is 21.1 Å². The van der Waals surface area contributed by atoms with E-state index in [1.807, 2.05) is 18.2 Å². The van der Waals surface area contributed by atoms with Crippen molar-refractivity contribution >= 4 is 15.9 Å². The normalized spacial score (nSPS) is 12.9. The van der Waals surface area contributed by atoms with Crippen molar-refractivity contribution in [3.8, 4) is 17.0 Å². The molecule has 0 atom stereocenters. The van der Waals surface area contributed by atoms with Gasteiger partial charge in [0, 0.05) is 10.0 Å². The monoisotopic (exact) mass is 251 g/mol. The van der Waals surface area contributed by atoms with Crippen LogP contribution in [0, 0.1) is 0 Å². The van der Waals surface area contributed by atoms with Crippen LogP contribution in [0.25, 0.3) is 11.3 Å².